The molecule has 4 rings (SSSR count). The molecule has 1 fully saturated rings. The van der Waals surface area contributed by atoms with Gasteiger partial charge in [-0.2, -0.15) is 5.10 Å². The second-order valence-electron chi connectivity index (χ2n) is 7.02. The molecule has 3 aromatic rings. The molecule has 1 atom stereocenters. The largest absolute Gasteiger partial charge is 0.277 e. The molecule has 2 heterocycles. The minimum atomic E-state index is 0.447. The van der Waals surface area contributed by atoms with Crippen molar-refractivity contribution in [2.75, 3.05) is 6.54 Å². The maximum absolute atomic E-state index is 5.75. The molecule has 1 aliphatic rings. The van der Waals surface area contributed by atoms with Crippen LogP contribution >= 0.6 is 12.2 Å². The molecule has 2 aromatic carbocycles. The minimum Gasteiger partial charge on any atom is -0.277 e. The molecular weight excluding hydrogens is 340 g/mol. The highest BCUT2D eigenvalue weighted by atomic mass is 32.1. The van der Waals surface area contributed by atoms with E-state index in [-0.39, 0.29) is 0 Å². The molecule has 0 spiro atoms. The van der Waals surface area contributed by atoms with Gasteiger partial charge >= 0.3 is 0 Å². The van der Waals surface area contributed by atoms with Crippen LogP contribution < -0.4 is 0 Å². The van der Waals surface area contributed by atoms with Crippen molar-refractivity contribution < 1.29 is 0 Å². The summed E-state index contributed by atoms with van der Waals surface area (Å²) in [4.78, 5) is 2.48. The fraction of sp³-hybridized carbons (Fsp3) is 0.333. The first-order valence-electron chi connectivity index (χ1n) is 9.16. The Morgan fingerprint density at radius 2 is 1.77 bits per heavy atom. The zero-order chi connectivity index (χ0) is 18.1. The van der Waals surface area contributed by atoms with Gasteiger partial charge in [0, 0.05) is 18.3 Å². The predicted molar refractivity (Wildman–Crippen MR) is 107 cm³/mol. The number of hydrogen-bond acceptors (Lipinski definition) is 3. The highest BCUT2D eigenvalue weighted by Crippen LogP contribution is 2.32. The molecule has 0 unspecified atom stereocenters. The second kappa shape index (κ2) is 7.17. The van der Waals surface area contributed by atoms with Gasteiger partial charge in [0.15, 0.2) is 0 Å². The highest BCUT2D eigenvalue weighted by Gasteiger charge is 2.26. The fourth-order valence-electron chi connectivity index (χ4n) is 3.82. The third-order valence-electron chi connectivity index (χ3n) is 5.16. The van der Waals surface area contributed by atoms with Crippen molar-refractivity contribution >= 4 is 12.2 Å². The van der Waals surface area contributed by atoms with E-state index in [4.69, 9.17) is 17.3 Å². The maximum atomic E-state index is 5.75. The third-order valence-corrected chi connectivity index (χ3v) is 5.55. The van der Waals surface area contributed by atoms with Crippen LogP contribution in [-0.4, -0.2) is 25.8 Å². The van der Waals surface area contributed by atoms with E-state index in [2.05, 4.69) is 71.0 Å². The molecule has 0 aliphatic carbocycles. The van der Waals surface area contributed by atoms with Gasteiger partial charge in [-0.15, -0.1) is 0 Å². The first kappa shape index (κ1) is 17.2. The normalized spacial score (nSPS) is 17.7. The monoisotopic (exact) mass is 364 g/mol. The quantitative estimate of drug-likeness (QED) is 0.621. The lowest BCUT2D eigenvalue weighted by atomic mass is 10.1. The van der Waals surface area contributed by atoms with E-state index in [0.717, 1.165) is 29.5 Å². The van der Waals surface area contributed by atoms with Gasteiger partial charge in [0.1, 0.15) is 5.82 Å². The van der Waals surface area contributed by atoms with Crippen molar-refractivity contribution in [1.82, 2.24) is 19.2 Å². The summed E-state index contributed by atoms with van der Waals surface area (Å²) in [6.45, 7) is 5.93. The molecule has 1 aromatic heterocycles. The lowest BCUT2D eigenvalue weighted by Crippen LogP contribution is -2.27. The van der Waals surface area contributed by atoms with Crippen LogP contribution in [0.25, 0.3) is 5.69 Å². The van der Waals surface area contributed by atoms with Crippen LogP contribution in [0.1, 0.15) is 35.8 Å². The van der Waals surface area contributed by atoms with E-state index in [1.54, 1.807) is 0 Å². The van der Waals surface area contributed by atoms with E-state index in [9.17, 15) is 0 Å². The summed E-state index contributed by atoms with van der Waals surface area (Å²) in [5, 5.41) is 4.73. The zero-order valence-corrected chi connectivity index (χ0v) is 16.1. The van der Waals surface area contributed by atoms with Gasteiger partial charge < -0.3 is 0 Å². The summed E-state index contributed by atoms with van der Waals surface area (Å²) < 4.78 is 4.78. The number of likely N-dealkylation sites (tertiary alicyclic amines) is 1. The summed E-state index contributed by atoms with van der Waals surface area (Å²) in [6, 6.07) is 19.6. The van der Waals surface area contributed by atoms with Gasteiger partial charge in [-0.1, -0.05) is 48.0 Å². The van der Waals surface area contributed by atoms with E-state index in [1.165, 1.54) is 24.0 Å². The average molecular weight is 365 g/mol. The molecule has 0 bridgehead atoms. The van der Waals surface area contributed by atoms with Gasteiger partial charge in [-0.25, -0.2) is 4.68 Å². The molecule has 0 N–H and O–H groups in total. The van der Waals surface area contributed by atoms with Crippen LogP contribution in [0.15, 0.2) is 54.6 Å². The summed E-state index contributed by atoms with van der Waals surface area (Å²) in [6.07, 6.45) is 2.40. The molecule has 134 valence electrons. The van der Waals surface area contributed by atoms with Gasteiger partial charge in [0.2, 0.25) is 4.77 Å². The Kier molecular flexibility index (Phi) is 4.74. The lowest BCUT2D eigenvalue weighted by molar-refractivity contribution is 0.189. The van der Waals surface area contributed by atoms with Crippen LogP contribution in [-0.2, 0) is 6.67 Å². The topological polar surface area (TPSA) is 26.0 Å². The predicted octanol–water partition coefficient (Wildman–Crippen LogP) is 4.81. The summed E-state index contributed by atoms with van der Waals surface area (Å²) in [5.41, 5.74) is 3.70. The SMILES string of the molecule is Cc1ccc(-n2c(C)nn(CN3CCC[C@H]3c3ccccc3)c2=S)cc1. The molecule has 4 nitrogen and oxygen atoms in total. The molecule has 1 aliphatic heterocycles. The van der Waals surface area contributed by atoms with E-state index >= 15 is 0 Å². The standard InChI is InChI=1S/C21H24N4S/c1-16-10-12-19(13-11-16)25-17(2)22-24(21(25)26)15-23-14-6-9-20(23)18-7-4-3-5-8-18/h3-5,7-8,10-13,20H,6,9,14-15H2,1-2H3/t20-/m0/s1. The zero-order valence-electron chi connectivity index (χ0n) is 15.3. The maximum Gasteiger partial charge on any atom is 0.203 e. The average Bonchev–Trinajstić information content (AvgIpc) is 3.22. The van der Waals surface area contributed by atoms with E-state index < -0.39 is 0 Å². The Balaban J connectivity index is 1.62. The molecule has 0 amide bonds. The smallest absolute Gasteiger partial charge is 0.203 e. The van der Waals surface area contributed by atoms with Crippen molar-refractivity contribution in [3.63, 3.8) is 0 Å². The van der Waals surface area contributed by atoms with Crippen molar-refractivity contribution in [2.24, 2.45) is 0 Å². The van der Waals surface area contributed by atoms with Crippen LogP contribution in [0.4, 0.5) is 0 Å². The van der Waals surface area contributed by atoms with E-state index in [1.807, 2.05) is 11.6 Å². The molecule has 0 saturated carbocycles. The fourth-order valence-corrected chi connectivity index (χ4v) is 4.16. The first-order chi connectivity index (χ1) is 12.6. The minimum absolute atomic E-state index is 0.447. The first-order valence-corrected chi connectivity index (χ1v) is 9.57. The number of aromatic nitrogens is 3. The number of benzene rings is 2. The van der Waals surface area contributed by atoms with Gasteiger partial charge in [-0.05, 0) is 56.6 Å². The number of hydrogen-bond donors (Lipinski definition) is 0. The molecule has 5 heteroatoms. The van der Waals surface area contributed by atoms with Crippen LogP contribution in [0.3, 0.4) is 0 Å². The Labute approximate surface area is 159 Å². The Bertz CT molecular complexity index is 940. The van der Waals surface area contributed by atoms with Gasteiger partial charge in [-0.3, -0.25) is 9.47 Å². The van der Waals surface area contributed by atoms with Crippen molar-refractivity contribution in [3.8, 4) is 5.69 Å². The van der Waals surface area contributed by atoms with Crippen LogP contribution in [0.5, 0.6) is 0 Å². The Hall–Kier alpha value is -2.24. The van der Waals surface area contributed by atoms with Gasteiger partial charge in [0.25, 0.3) is 0 Å². The molecule has 26 heavy (non-hydrogen) atoms. The molecule has 0 radical (unpaired) electrons. The lowest BCUT2D eigenvalue weighted by Gasteiger charge is -2.24. The Morgan fingerprint density at radius 3 is 2.50 bits per heavy atom. The van der Waals surface area contributed by atoms with Crippen molar-refractivity contribution in [1.29, 1.82) is 0 Å². The molecule has 1 saturated heterocycles. The second-order valence-corrected chi connectivity index (χ2v) is 7.39. The summed E-state index contributed by atoms with van der Waals surface area (Å²) in [5.74, 6) is 0.925. The van der Waals surface area contributed by atoms with Gasteiger partial charge in [0.05, 0.1) is 6.67 Å². The summed E-state index contributed by atoms with van der Waals surface area (Å²) in [7, 11) is 0. The van der Waals surface area contributed by atoms with E-state index in [0.29, 0.717) is 6.04 Å². The number of nitrogens with zero attached hydrogens (tertiary/aromatic N) is 4. The third kappa shape index (κ3) is 3.24. The highest BCUT2D eigenvalue weighted by molar-refractivity contribution is 7.71. The van der Waals surface area contributed by atoms with Crippen molar-refractivity contribution in [2.45, 2.75) is 39.4 Å². The Morgan fingerprint density at radius 1 is 1.04 bits per heavy atom. The van der Waals surface area contributed by atoms with Crippen LogP contribution in [0, 0.1) is 18.6 Å². The number of aryl methyl sites for hydroxylation is 2. The van der Waals surface area contributed by atoms with Crippen molar-refractivity contribution in [3.05, 3.63) is 76.3 Å². The molecular formula is C21H24N4S. The summed E-state index contributed by atoms with van der Waals surface area (Å²) >= 11 is 5.75. The number of rotatable bonds is 4. The van der Waals surface area contributed by atoms with Crippen LogP contribution in [0.2, 0.25) is 0 Å².